The lowest BCUT2D eigenvalue weighted by Crippen LogP contribution is -2.11. The third kappa shape index (κ3) is 5.33. The molecule has 25 heavy (non-hydrogen) atoms. The molecule has 0 amide bonds. The normalized spacial score (nSPS) is 9.72. The summed E-state index contributed by atoms with van der Waals surface area (Å²) < 4.78 is 9.72. The van der Waals surface area contributed by atoms with E-state index in [2.05, 4.69) is 15.3 Å². The van der Waals surface area contributed by atoms with E-state index in [1.54, 1.807) is 31.2 Å². The molecule has 0 aliphatic heterocycles. The molecule has 0 aliphatic carbocycles. The van der Waals surface area contributed by atoms with Crippen molar-refractivity contribution in [3.05, 3.63) is 41.6 Å². The fraction of sp³-hybridized carbons (Fsp3) is 0.250. The molecule has 0 aliphatic rings. The van der Waals surface area contributed by atoms with Crippen LogP contribution in [-0.2, 0) is 9.47 Å². The van der Waals surface area contributed by atoms with Gasteiger partial charge in [0.15, 0.2) is 5.16 Å². The zero-order valence-corrected chi connectivity index (χ0v) is 15.6. The summed E-state index contributed by atoms with van der Waals surface area (Å²) in [6.45, 7) is 1.97. The second kappa shape index (κ2) is 9.85. The zero-order chi connectivity index (χ0) is 17.5. The van der Waals surface area contributed by atoms with Gasteiger partial charge in [0.05, 0.1) is 19.3 Å². The number of carbonyl (C=O) groups excluding carboxylic acids is 2. The fourth-order valence-corrected chi connectivity index (χ4v) is 2.24. The Bertz CT molecular complexity index is 758. The summed E-state index contributed by atoms with van der Waals surface area (Å²) in [5.41, 5.74) is 1.20. The number of nitrogens with zero attached hydrogens (tertiary/aromatic N) is 2. The first-order valence-electron chi connectivity index (χ1n) is 7.12. The molecule has 0 saturated heterocycles. The van der Waals surface area contributed by atoms with Crippen molar-refractivity contribution in [2.24, 2.45) is 0 Å². The standard InChI is InChI=1S/C16H17N3O4S.ClH/c1-4-23-15(21)12-9-17-16(24-3)19-13(12)18-11-7-5-6-10(8-11)14(20)22-2;/h5-9H,4H2,1-3H3,(H,17,18,19);1H. The van der Waals surface area contributed by atoms with Crippen molar-refractivity contribution in [2.75, 3.05) is 25.3 Å². The molecule has 0 fully saturated rings. The maximum Gasteiger partial charge on any atom is 0.343 e. The van der Waals surface area contributed by atoms with Crippen molar-refractivity contribution in [1.82, 2.24) is 9.97 Å². The Labute approximate surface area is 155 Å². The molecule has 0 atom stereocenters. The van der Waals surface area contributed by atoms with Crippen LogP contribution < -0.4 is 5.32 Å². The van der Waals surface area contributed by atoms with Crippen LogP contribution in [0.1, 0.15) is 27.6 Å². The second-order valence-corrected chi connectivity index (χ2v) is 5.31. The van der Waals surface area contributed by atoms with Gasteiger partial charge in [0.25, 0.3) is 0 Å². The summed E-state index contributed by atoms with van der Waals surface area (Å²) in [5, 5.41) is 3.54. The van der Waals surface area contributed by atoms with Gasteiger partial charge < -0.3 is 14.8 Å². The van der Waals surface area contributed by atoms with Crippen LogP contribution in [0.3, 0.4) is 0 Å². The van der Waals surface area contributed by atoms with Gasteiger partial charge in [-0.1, -0.05) is 17.8 Å². The lowest BCUT2D eigenvalue weighted by molar-refractivity contribution is 0.0525. The largest absolute Gasteiger partial charge is 0.465 e. The predicted octanol–water partition coefficient (Wildman–Crippen LogP) is 3.33. The van der Waals surface area contributed by atoms with E-state index in [0.29, 0.717) is 22.2 Å². The van der Waals surface area contributed by atoms with E-state index < -0.39 is 11.9 Å². The number of rotatable bonds is 6. The first-order valence-corrected chi connectivity index (χ1v) is 8.35. The molecule has 0 unspecified atom stereocenters. The number of hydrogen-bond acceptors (Lipinski definition) is 8. The number of benzene rings is 1. The SMILES string of the molecule is CCOC(=O)c1cnc(SC)nc1Nc1cccc(C(=O)OC)c1.Cl. The van der Waals surface area contributed by atoms with E-state index in [-0.39, 0.29) is 24.6 Å². The molecule has 1 N–H and O–H groups in total. The number of nitrogens with one attached hydrogen (secondary N) is 1. The molecule has 0 spiro atoms. The van der Waals surface area contributed by atoms with E-state index in [9.17, 15) is 9.59 Å². The molecule has 134 valence electrons. The van der Waals surface area contributed by atoms with E-state index >= 15 is 0 Å². The van der Waals surface area contributed by atoms with Crippen molar-refractivity contribution in [3.8, 4) is 0 Å². The first kappa shape index (κ1) is 20.7. The highest BCUT2D eigenvalue weighted by Gasteiger charge is 2.16. The summed E-state index contributed by atoms with van der Waals surface area (Å²) in [6.07, 6.45) is 3.25. The highest BCUT2D eigenvalue weighted by molar-refractivity contribution is 7.98. The summed E-state index contributed by atoms with van der Waals surface area (Å²) in [4.78, 5) is 32.1. The van der Waals surface area contributed by atoms with Crippen LogP contribution in [0.4, 0.5) is 11.5 Å². The van der Waals surface area contributed by atoms with E-state index in [0.717, 1.165) is 0 Å². The van der Waals surface area contributed by atoms with Gasteiger partial charge in [-0.05, 0) is 31.4 Å². The Hall–Kier alpha value is -2.32. The van der Waals surface area contributed by atoms with Crippen LogP contribution in [0.2, 0.25) is 0 Å². The Morgan fingerprint density at radius 2 is 2.04 bits per heavy atom. The quantitative estimate of drug-likeness (QED) is 0.461. The average molecular weight is 384 g/mol. The maximum absolute atomic E-state index is 12.1. The number of esters is 2. The monoisotopic (exact) mass is 383 g/mol. The Balaban J connectivity index is 0.00000312. The van der Waals surface area contributed by atoms with E-state index in [4.69, 9.17) is 9.47 Å². The number of aromatic nitrogens is 2. The molecular weight excluding hydrogens is 366 g/mol. The van der Waals surface area contributed by atoms with Crippen molar-refractivity contribution in [3.63, 3.8) is 0 Å². The summed E-state index contributed by atoms with van der Waals surface area (Å²) in [6, 6.07) is 6.70. The molecule has 0 bridgehead atoms. The van der Waals surface area contributed by atoms with Gasteiger partial charge in [0.2, 0.25) is 0 Å². The van der Waals surface area contributed by atoms with E-state index in [1.165, 1.54) is 25.1 Å². The molecule has 1 heterocycles. The first-order chi connectivity index (χ1) is 11.6. The van der Waals surface area contributed by atoms with Crippen LogP contribution >= 0.6 is 24.2 Å². The van der Waals surface area contributed by atoms with Gasteiger partial charge in [0, 0.05) is 11.9 Å². The molecule has 2 aromatic rings. The molecule has 2 rings (SSSR count). The number of hydrogen-bond donors (Lipinski definition) is 1. The summed E-state index contributed by atoms with van der Waals surface area (Å²) >= 11 is 1.35. The minimum Gasteiger partial charge on any atom is -0.465 e. The van der Waals surface area contributed by atoms with Crippen LogP contribution in [0.15, 0.2) is 35.6 Å². The number of anilines is 2. The number of methoxy groups -OCH3 is 1. The molecule has 1 aromatic heterocycles. The lowest BCUT2D eigenvalue weighted by atomic mass is 10.2. The Morgan fingerprint density at radius 3 is 2.68 bits per heavy atom. The smallest absolute Gasteiger partial charge is 0.343 e. The van der Waals surface area contributed by atoms with Crippen LogP contribution in [0.25, 0.3) is 0 Å². The maximum atomic E-state index is 12.1. The third-order valence-electron chi connectivity index (χ3n) is 2.99. The minimum atomic E-state index is -0.517. The topological polar surface area (TPSA) is 90.4 Å². The molecule has 7 nitrogen and oxygen atoms in total. The van der Waals surface area contributed by atoms with Crippen molar-refractivity contribution in [1.29, 1.82) is 0 Å². The highest BCUT2D eigenvalue weighted by Crippen LogP contribution is 2.22. The zero-order valence-electron chi connectivity index (χ0n) is 13.9. The van der Waals surface area contributed by atoms with Crippen molar-refractivity contribution >= 4 is 47.6 Å². The van der Waals surface area contributed by atoms with E-state index in [1.807, 2.05) is 6.26 Å². The van der Waals surface area contributed by atoms with Crippen LogP contribution in [0, 0.1) is 0 Å². The highest BCUT2D eigenvalue weighted by atomic mass is 35.5. The molecule has 0 radical (unpaired) electrons. The van der Waals surface area contributed by atoms with Gasteiger partial charge in [-0.2, -0.15) is 0 Å². The average Bonchev–Trinajstić information content (AvgIpc) is 2.61. The Morgan fingerprint density at radius 1 is 1.28 bits per heavy atom. The minimum absolute atomic E-state index is 0. The van der Waals surface area contributed by atoms with Gasteiger partial charge in [-0.25, -0.2) is 19.6 Å². The van der Waals surface area contributed by atoms with Crippen molar-refractivity contribution < 1.29 is 19.1 Å². The predicted molar refractivity (Wildman–Crippen MR) is 98.1 cm³/mol. The fourth-order valence-electron chi connectivity index (χ4n) is 1.90. The number of halogens is 1. The summed E-state index contributed by atoms with van der Waals surface area (Å²) in [7, 11) is 1.32. The summed E-state index contributed by atoms with van der Waals surface area (Å²) in [5.74, 6) is -0.650. The molecule has 9 heteroatoms. The van der Waals surface area contributed by atoms with Crippen LogP contribution in [-0.4, -0.2) is 41.9 Å². The molecule has 0 saturated carbocycles. The van der Waals surface area contributed by atoms with Crippen LogP contribution in [0.5, 0.6) is 0 Å². The number of carbonyl (C=O) groups is 2. The third-order valence-corrected chi connectivity index (χ3v) is 3.55. The Kier molecular flexibility index (Phi) is 8.17. The van der Waals surface area contributed by atoms with Gasteiger partial charge in [-0.3, -0.25) is 0 Å². The molecular formula is C16H18ClN3O4S. The van der Waals surface area contributed by atoms with Gasteiger partial charge in [-0.15, -0.1) is 12.4 Å². The van der Waals surface area contributed by atoms with Gasteiger partial charge in [0.1, 0.15) is 11.4 Å². The van der Waals surface area contributed by atoms with Gasteiger partial charge >= 0.3 is 11.9 Å². The second-order valence-electron chi connectivity index (χ2n) is 4.54. The van der Waals surface area contributed by atoms with Crippen molar-refractivity contribution in [2.45, 2.75) is 12.1 Å². The number of thioether (sulfide) groups is 1. The molecule has 1 aromatic carbocycles. The lowest BCUT2D eigenvalue weighted by Gasteiger charge is -2.11. The number of ether oxygens (including phenoxy) is 2.